The van der Waals surface area contributed by atoms with Gasteiger partial charge in [-0.2, -0.15) is 11.8 Å². The SMILES string of the molecule is CSCCN(C)c1ccc([C@H](C)O)cc1. The Morgan fingerprint density at radius 1 is 1.33 bits per heavy atom. The number of hydrogen-bond donors (Lipinski definition) is 1. The van der Waals surface area contributed by atoms with Crippen LogP contribution in [-0.4, -0.2) is 30.7 Å². The molecule has 3 heteroatoms. The average molecular weight is 225 g/mol. The van der Waals surface area contributed by atoms with E-state index in [1.807, 2.05) is 23.9 Å². The number of aliphatic hydroxyl groups is 1. The fourth-order valence-corrected chi connectivity index (χ4v) is 1.82. The fraction of sp³-hybridized carbons (Fsp3) is 0.500. The van der Waals surface area contributed by atoms with Gasteiger partial charge in [-0.15, -0.1) is 0 Å². The first-order chi connectivity index (χ1) is 7.15. The quantitative estimate of drug-likeness (QED) is 0.833. The van der Waals surface area contributed by atoms with Crippen molar-refractivity contribution >= 4 is 17.4 Å². The average Bonchev–Trinajstić information content (AvgIpc) is 2.26. The molecule has 0 amide bonds. The lowest BCUT2D eigenvalue weighted by Gasteiger charge is -2.19. The van der Waals surface area contributed by atoms with Gasteiger partial charge in [0.2, 0.25) is 0 Å². The van der Waals surface area contributed by atoms with E-state index in [0.29, 0.717) is 0 Å². The van der Waals surface area contributed by atoms with Crippen LogP contribution in [0.15, 0.2) is 24.3 Å². The van der Waals surface area contributed by atoms with E-state index in [1.54, 1.807) is 6.92 Å². The maximum atomic E-state index is 9.38. The Hall–Kier alpha value is -0.670. The third-order valence-electron chi connectivity index (χ3n) is 2.45. The van der Waals surface area contributed by atoms with E-state index in [0.717, 1.165) is 17.9 Å². The number of rotatable bonds is 5. The van der Waals surface area contributed by atoms with Crippen molar-refractivity contribution in [2.24, 2.45) is 0 Å². The van der Waals surface area contributed by atoms with Gasteiger partial charge in [-0.3, -0.25) is 0 Å². The molecule has 0 aliphatic heterocycles. The zero-order valence-electron chi connectivity index (χ0n) is 9.60. The van der Waals surface area contributed by atoms with E-state index >= 15 is 0 Å². The van der Waals surface area contributed by atoms with Crippen LogP contribution in [0.3, 0.4) is 0 Å². The minimum Gasteiger partial charge on any atom is -0.389 e. The van der Waals surface area contributed by atoms with Gasteiger partial charge in [0, 0.05) is 25.0 Å². The summed E-state index contributed by atoms with van der Waals surface area (Å²) >= 11 is 1.85. The highest BCUT2D eigenvalue weighted by Crippen LogP contribution is 2.18. The van der Waals surface area contributed by atoms with Crippen molar-refractivity contribution in [3.05, 3.63) is 29.8 Å². The second-order valence-corrected chi connectivity index (χ2v) is 4.67. The van der Waals surface area contributed by atoms with Gasteiger partial charge in [0.25, 0.3) is 0 Å². The van der Waals surface area contributed by atoms with E-state index in [9.17, 15) is 5.11 Å². The van der Waals surface area contributed by atoms with Gasteiger partial charge in [-0.25, -0.2) is 0 Å². The lowest BCUT2D eigenvalue weighted by Crippen LogP contribution is -2.19. The van der Waals surface area contributed by atoms with Gasteiger partial charge in [-0.05, 0) is 30.9 Å². The van der Waals surface area contributed by atoms with Gasteiger partial charge < -0.3 is 10.0 Å². The summed E-state index contributed by atoms with van der Waals surface area (Å²) in [6.45, 7) is 2.83. The molecule has 0 aromatic heterocycles. The smallest absolute Gasteiger partial charge is 0.0761 e. The second-order valence-electron chi connectivity index (χ2n) is 3.68. The van der Waals surface area contributed by atoms with Crippen LogP contribution in [0.2, 0.25) is 0 Å². The second kappa shape index (κ2) is 6.03. The van der Waals surface area contributed by atoms with Gasteiger partial charge in [0.05, 0.1) is 6.10 Å². The number of aliphatic hydroxyl groups excluding tert-OH is 1. The Balaban J connectivity index is 2.62. The van der Waals surface area contributed by atoms with E-state index < -0.39 is 0 Å². The molecule has 1 rings (SSSR count). The molecule has 0 bridgehead atoms. The maximum absolute atomic E-state index is 9.38. The van der Waals surface area contributed by atoms with Crippen molar-refractivity contribution in [2.45, 2.75) is 13.0 Å². The zero-order chi connectivity index (χ0) is 11.3. The van der Waals surface area contributed by atoms with Crippen LogP contribution in [-0.2, 0) is 0 Å². The first-order valence-electron chi connectivity index (χ1n) is 5.13. The molecule has 1 N–H and O–H groups in total. The number of benzene rings is 1. The largest absolute Gasteiger partial charge is 0.389 e. The predicted molar refractivity (Wildman–Crippen MR) is 68.7 cm³/mol. The highest BCUT2D eigenvalue weighted by atomic mass is 32.2. The highest BCUT2D eigenvalue weighted by molar-refractivity contribution is 7.98. The van der Waals surface area contributed by atoms with Crippen molar-refractivity contribution in [2.75, 3.05) is 30.5 Å². The van der Waals surface area contributed by atoms with Gasteiger partial charge in [0.15, 0.2) is 0 Å². The molecule has 0 heterocycles. The zero-order valence-corrected chi connectivity index (χ0v) is 10.4. The summed E-state index contributed by atoms with van der Waals surface area (Å²) in [4.78, 5) is 2.22. The molecule has 1 aromatic carbocycles. The fourth-order valence-electron chi connectivity index (χ4n) is 1.36. The van der Waals surface area contributed by atoms with Crippen molar-refractivity contribution < 1.29 is 5.11 Å². The van der Waals surface area contributed by atoms with E-state index in [1.165, 1.54) is 5.69 Å². The molecule has 0 saturated heterocycles. The van der Waals surface area contributed by atoms with Crippen LogP contribution in [0.5, 0.6) is 0 Å². The molecule has 2 nitrogen and oxygen atoms in total. The van der Waals surface area contributed by atoms with Crippen molar-refractivity contribution in [3.63, 3.8) is 0 Å². The standard InChI is InChI=1S/C12H19NOS/c1-10(14)11-4-6-12(7-5-11)13(2)8-9-15-3/h4-7,10,14H,8-9H2,1-3H3/t10-/m0/s1. The summed E-state index contributed by atoms with van der Waals surface area (Å²) in [5.74, 6) is 1.13. The molecular formula is C12H19NOS. The molecule has 0 fully saturated rings. The summed E-state index contributed by atoms with van der Waals surface area (Å²) in [5, 5.41) is 9.38. The molecule has 1 atom stereocenters. The monoisotopic (exact) mass is 225 g/mol. The van der Waals surface area contributed by atoms with E-state index in [-0.39, 0.29) is 6.10 Å². The first kappa shape index (κ1) is 12.4. The topological polar surface area (TPSA) is 23.5 Å². The molecule has 0 aliphatic rings. The number of anilines is 1. The molecule has 0 saturated carbocycles. The number of hydrogen-bond acceptors (Lipinski definition) is 3. The Labute approximate surface area is 96.3 Å². The van der Waals surface area contributed by atoms with Crippen LogP contribution in [0.4, 0.5) is 5.69 Å². The Bertz CT molecular complexity index is 284. The van der Waals surface area contributed by atoms with Gasteiger partial charge >= 0.3 is 0 Å². The number of nitrogens with zero attached hydrogens (tertiary/aromatic N) is 1. The maximum Gasteiger partial charge on any atom is 0.0761 e. The molecule has 0 radical (unpaired) electrons. The summed E-state index contributed by atoms with van der Waals surface area (Å²) in [7, 11) is 2.09. The van der Waals surface area contributed by atoms with Crippen molar-refractivity contribution in [1.29, 1.82) is 0 Å². The molecule has 0 unspecified atom stereocenters. The van der Waals surface area contributed by atoms with Gasteiger partial charge in [0.1, 0.15) is 0 Å². The molecule has 1 aromatic rings. The van der Waals surface area contributed by atoms with E-state index in [4.69, 9.17) is 0 Å². The first-order valence-corrected chi connectivity index (χ1v) is 6.52. The van der Waals surface area contributed by atoms with Gasteiger partial charge in [-0.1, -0.05) is 12.1 Å². The summed E-state index contributed by atoms with van der Waals surface area (Å²) < 4.78 is 0. The van der Waals surface area contributed by atoms with Crippen molar-refractivity contribution in [1.82, 2.24) is 0 Å². The van der Waals surface area contributed by atoms with Crippen molar-refractivity contribution in [3.8, 4) is 0 Å². The third kappa shape index (κ3) is 3.76. The third-order valence-corrected chi connectivity index (χ3v) is 3.04. The highest BCUT2D eigenvalue weighted by Gasteiger charge is 2.02. The molecule has 0 aliphatic carbocycles. The minimum absolute atomic E-state index is 0.379. The Kier molecular flexibility index (Phi) is 4.99. The summed E-state index contributed by atoms with van der Waals surface area (Å²) in [6.07, 6.45) is 1.74. The minimum atomic E-state index is -0.379. The normalized spacial score (nSPS) is 12.5. The molecule has 84 valence electrons. The molecular weight excluding hydrogens is 206 g/mol. The Morgan fingerprint density at radius 2 is 1.93 bits per heavy atom. The van der Waals surface area contributed by atoms with E-state index in [2.05, 4.69) is 30.3 Å². The van der Waals surface area contributed by atoms with Crippen LogP contribution < -0.4 is 4.90 Å². The predicted octanol–water partition coefficient (Wildman–Crippen LogP) is 2.54. The van der Waals surface area contributed by atoms with Crippen LogP contribution in [0.1, 0.15) is 18.6 Å². The Morgan fingerprint density at radius 3 is 2.40 bits per heavy atom. The van der Waals surface area contributed by atoms with Crippen LogP contribution in [0.25, 0.3) is 0 Å². The van der Waals surface area contributed by atoms with Crippen LogP contribution >= 0.6 is 11.8 Å². The molecule has 15 heavy (non-hydrogen) atoms. The summed E-state index contributed by atoms with van der Waals surface area (Å²) in [5.41, 5.74) is 2.17. The number of thioether (sulfide) groups is 1. The lowest BCUT2D eigenvalue weighted by atomic mass is 10.1. The van der Waals surface area contributed by atoms with Crippen LogP contribution in [0, 0.1) is 0 Å². The lowest BCUT2D eigenvalue weighted by molar-refractivity contribution is 0.199. The molecule has 0 spiro atoms. The summed E-state index contributed by atoms with van der Waals surface area (Å²) in [6, 6.07) is 8.08.